The average molecular weight is 395 g/mol. The van der Waals surface area contributed by atoms with E-state index in [4.69, 9.17) is 16.3 Å². The number of sulfonamides is 1. The Morgan fingerprint density at radius 2 is 1.81 bits per heavy atom. The fraction of sp³-hybridized carbons (Fsp3) is 0.368. The molecule has 26 heavy (non-hydrogen) atoms. The van der Waals surface area contributed by atoms with Crippen molar-refractivity contribution in [1.82, 2.24) is 9.21 Å². The first-order valence-corrected chi connectivity index (χ1v) is 10.3. The summed E-state index contributed by atoms with van der Waals surface area (Å²) in [4.78, 5) is 2.60. The minimum atomic E-state index is -3.49. The van der Waals surface area contributed by atoms with Gasteiger partial charge in [0.1, 0.15) is 5.75 Å². The number of aryl methyl sites for hydroxylation is 1. The first-order chi connectivity index (χ1) is 12.4. The van der Waals surface area contributed by atoms with E-state index in [-0.39, 0.29) is 0 Å². The van der Waals surface area contributed by atoms with Crippen LogP contribution in [-0.4, -0.2) is 50.9 Å². The minimum absolute atomic E-state index is 0.349. The molecule has 0 unspecified atom stereocenters. The molecule has 5 nitrogen and oxygen atoms in total. The molecular weight excluding hydrogens is 372 g/mol. The largest absolute Gasteiger partial charge is 0.497 e. The maximum atomic E-state index is 13.0. The highest BCUT2D eigenvalue weighted by atomic mass is 35.5. The van der Waals surface area contributed by atoms with Gasteiger partial charge < -0.3 is 4.74 Å². The molecule has 0 N–H and O–H groups in total. The molecule has 0 aliphatic carbocycles. The lowest BCUT2D eigenvalue weighted by Crippen LogP contribution is -2.48. The third-order valence-corrected chi connectivity index (χ3v) is 6.92. The van der Waals surface area contributed by atoms with Crippen LogP contribution in [0.15, 0.2) is 47.4 Å². The second-order valence-corrected chi connectivity index (χ2v) is 8.78. The molecule has 0 atom stereocenters. The Morgan fingerprint density at radius 3 is 2.42 bits per heavy atom. The Kier molecular flexibility index (Phi) is 5.87. The standard InChI is InChI=1S/C19H23ClN2O3S/c1-15-12-18(25-2)6-7-19(15)26(23,24)22-10-8-21(9-11-22)14-16-4-3-5-17(20)13-16/h3-7,12-13H,8-11,14H2,1-2H3. The number of methoxy groups -OCH3 is 1. The van der Waals surface area contributed by atoms with Gasteiger partial charge in [-0.05, 0) is 48.4 Å². The van der Waals surface area contributed by atoms with Crippen LogP contribution in [0.4, 0.5) is 0 Å². The predicted molar refractivity (Wildman–Crippen MR) is 103 cm³/mol. The van der Waals surface area contributed by atoms with Crippen LogP contribution in [-0.2, 0) is 16.6 Å². The van der Waals surface area contributed by atoms with Crippen LogP contribution < -0.4 is 4.74 Å². The van der Waals surface area contributed by atoms with Gasteiger partial charge >= 0.3 is 0 Å². The smallest absolute Gasteiger partial charge is 0.243 e. The summed E-state index contributed by atoms with van der Waals surface area (Å²) in [6.45, 7) is 4.92. The second kappa shape index (κ2) is 7.96. The summed E-state index contributed by atoms with van der Waals surface area (Å²) < 4.78 is 32.7. The van der Waals surface area contributed by atoms with Crippen molar-refractivity contribution in [2.24, 2.45) is 0 Å². The monoisotopic (exact) mass is 394 g/mol. The molecule has 1 aliphatic rings. The maximum absolute atomic E-state index is 13.0. The zero-order valence-corrected chi connectivity index (χ0v) is 16.6. The van der Waals surface area contributed by atoms with Gasteiger partial charge in [0.15, 0.2) is 0 Å². The molecule has 1 saturated heterocycles. The molecule has 1 aliphatic heterocycles. The number of hydrogen-bond acceptors (Lipinski definition) is 4. The number of rotatable bonds is 5. The summed E-state index contributed by atoms with van der Waals surface area (Å²) in [5, 5.41) is 0.721. The van der Waals surface area contributed by atoms with Crippen molar-refractivity contribution >= 4 is 21.6 Å². The number of nitrogens with zero attached hydrogens (tertiary/aromatic N) is 2. The predicted octanol–water partition coefficient (Wildman–Crippen LogP) is 3.16. The molecule has 0 radical (unpaired) electrons. The normalized spacial score (nSPS) is 16.6. The number of ether oxygens (including phenoxy) is 1. The van der Waals surface area contributed by atoms with E-state index in [1.165, 1.54) is 0 Å². The zero-order valence-electron chi connectivity index (χ0n) is 15.0. The fourth-order valence-electron chi connectivity index (χ4n) is 3.20. The van der Waals surface area contributed by atoms with Gasteiger partial charge in [0, 0.05) is 37.7 Å². The van der Waals surface area contributed by atoms with Crippen LogP contribution in [0.2, 0.25) is 5.02 Å². The van der Waals surface area contributed by atoms with Crippen molar-refractivity contribution in [3.05, 3.63) is 58.6 Å². The molecular formula is C19H23ClN2O3S. The lowest BCUT2D eigenvalue weighted by molar-refractivity contribution is 0.181. The Bertz CT molecular complexity index is 878. The number of halogens is 1. The van der Waals surface area contributed by atoms with Crippen LogP contribution in [0, 0.1) is 6.92 Å². The quantitative estimate of drug-likeness (QED) is 0.781. The first-order valence-electron chi connectivity index (χ1n) is 8.52. The summed E-state index contributed by atoms with van der Waals surface area (Å²) in [7, 11) is -1.92. The van der Waals surface area contributed by atoms with Crippen molar-refractivity contribution in [1.29, 1.82) is 0 Å². The van der Waals surface area contributed by atoms with E-state index in [1.807, 2.05) is 24.3 Å². The first kappa shape index (κ1) is 19.2. The van der Waals surface area contributed by atoms with Gasteiger partial charge in [0.05, 0.1) is 12.0 Å². The summed E-state index contributed by atoms with van der Waals surface area (Å²) in [5.74, 6) is 0.660. The highest BCUT2D eigenvalue weighted by Crippen LogP contribution is 2.25. The summed E-state index contributed by atoms with van der Waals surface area (Å²) in [6, 6.07) is 12.8. The Balaban J connectivity index is 1.67. The average Bonchev–Trinajstić information content (AvgIpc) is 2.62. The van der Waals surface area contributed by atoms with Gasteiger partial charge in [-0.25, -0.2) is 8.42 Å². The minimum Gasteiger partial charge on any atom is -0.497 e. The van der Waals surface area contributed by atoms with Crippen LogP contribution in [0.3, 0.4) is 0 Å². The van der Waals surface area contributed by atoms with E-state index in [2.05, 4.69) is 4.90 Å². The van der Waals surface area contributed by atoms with Crippen molar-refractivity contribution in [3.8, 4) is 5.75 Å². The van der Waals surface area contributed by atoms with E-state index >= 15 is 0 Å². The van der Waals surface area contributed by atoms with Crippen molar-refractivity contribution < 1.29 is 13.2 Å². The lowest BCUT2D eigenvalue weighted by Gasteiger charge is -2.34. The van der Waals surface area contributed by atoms with Crippen molar-refractivity contribution in [2.45, 2.75) is 18.4 Å². The number of piperazine rings is 1. The third-order valence-electron chi connectivity index (χ3n) is 4.63. The molecule has 7 heteroatoms. The topological polar surface area (TPSA) is 49.9 Å². The van der Waals surface area contributed by atoms with Gasteiger partial charge in [-0.2, -0.15) is 4.31 Å². The highest BCUT2D eigenvalue weighted by Gasteiger charge is 2.29. The van der Waals surface area contributed by atoms with E-state index in [0.717, 1.165) is 17.1 Å². The van der Waals surface area contributed by atoms with E-state index < -0.39 is 10.0 Å². The van der Waals surface area contributed by atoms with Crippen LogP contribution in [0.5, 0.6) is 5.75 Å². The molecule has 1 heterocycles. The van der Waals surface area contributed by atoms with Crippen LogP contribution >= 0.6 is 11.6 Å². The highest BCUT2D eigenvalue weighted by molar-refractivity contribution is 7.89. The Hall–Kier alpha value is -1.60. The molecule has 0 bridgehead atoms. The molecule has 0 amide bonds. The van der Waals surface area contributed by atoms with E-state index in [9.17, 15) is 8.42 Å². The third kappa shape index (κ3) is 4.20. The fourth-order valence-corrected chi connectivity index (χ4v) is 5.04. The second-order valence-electron chi connectivity index (χ2n) is 6.44. The van der Waals surface area contributed by atoms with E-state index in [0.29, 0.717) is 42.4 Å². The lowest BCUT2D eigenvalue weighted by atomic mass is 10.2. The van der Waals surface area contributed by atoms with Crippen LogP contribution in [0.25, 0.3) is 0 Å². The summed E-state index contributed by atoms with van der Waals surface area (Å²) in [5.41, 5.74) is 1.84. The van der Waals surface area contributed by atoms with Crippen molar-refractivity contribution in [3.63, 3.8) is 0 Å². The zero-order chi connectivity index (χ0) is 18.7. The molecule has 0 saturated carbocycles. The van der Waals surface area contributed by atoms with Crippen molar-refractivity contribution in [2.75, 3.05) is 33.3 Å². The molecule has 2 aromatic carbocycles. The van der Waals surface area contributed by atoms with E-state index in [1.54, 1.807) is 36.5 Å². The summed E-state index contributed by atoms with van der Waals surface area (Å²) in [6.07, 6.45) is 0. The van der Waals surface area contributed by atoms with Gasteiger partial charge in [-0.15, -0.1) is 0 Å². The van der Waals surface area contributed by atoms with Gasteiger partial charge in [-0.3, -0.25) is 4.90 Å². The molecule has 2 aromatic rings. The summed E-state index contributed by atoms with van der Waals surface area (Å²) >= 11 is 6.03. The number of benzene rings is 2. The Labute approximate surface area is 160 Å². The van der Waals surface area contributed by atoms with Crippen LogP contribution in [0.1, 0.15) is 11.1 Å². The molecule has 3 rings (SSSR count). The molecule has 0 aromatic heterocycles. The van der Waals surface area contributed by atoms with Gasteiger partial charge in [-0.1, -0.05) is 23.7 Å². The maximum Gasteiger partial charge on any atom is 0.243 e. The number of hydrogen-bond donors (Lipinski definition) is 0. The molecule has 0 spiro atoms. The molecule has 1 fully saturated rings. The Morgan fingerprint density at radius 1 is 1.08 bits per heavy atom. The van der Waals surface area contributed by atoms with Gasteiger partial charge in [0.2, 0.25) is 10.0 Å². The molecule has 140 valence electrons. The SMILES string of the molecule is COc1ccc(S(=O)(=O)N2CCN(Cc3cccc(Cl)c3)CC2)c(C)c1. The van der Waals surface area contributed by atoms with Gasteiger partial charge in [0.25, 0.3) is 0 Å².